The van der Waals surface area contributed by atoms with Crippen molar-refractivity contribution in [3.05, 3.63) is 23.5 Å². The zero-order valence-electron chi connectivity index (χ0n) is 22.2. The van der Waals surface area contributed by atoms with E-state index in [0.717, 1.165) is 19.1 Å². The number of sulfone groups is 1. The van der Waals surface area contributed by atoms with E-state index in [9.17, 15) is 22.8 Å². The van der Waals surface area contributed by atoms with Crippen molar-refractivity contribution in [3.63, 3.8) is 0 Å². The number of hydrogen-bond donors (Lipinski definition) is 2. The van der Waals surface area contributed by atoms with Crippen molar-refractivity contribution < 1.29 is 37.5 Å². The van der Waals surface area contributed by atoms with Crippen LogP contribution in [0.25, 0.3) is 0 Å². The van der Waals surface area contributed by atoms with E-state index in [2.05, 4.69) is 28.6 Å². The molecule has 39 heavy (non-hydrogen) atoms. The minimum Gasteiger partial charge on any atom is -0.468 e. The lowest BCUT2D eigenvalue weighted by atomic mass is 9.95. The Morgan fingerprint density at radius 1 is 1.28 bits per heavy atom. The number of esters is 1. The highest BCUT2D eigenvalue weighted by molar-refractivity contribution is 7.92. The van der Waals surface area contributed by atoms with Gasteiger partial charge in [-0.15, -0.1) is 0 Å². The van der Waals surface area contributed by atoms with Gasteiger partial charge in [0.25, 0.3) is 5.91 Å². The Hall–Kier alpha value is -3.36. The number of methoxy groups -OCH3 is 1. The Balaban J connectivity index is 1.42. The highest BCUT2D eigenvalue weighted by Crippen LogP contribution is 2.50. The second kappa shape index (κ2) is 11.0. The normalized spacial score (nSPS) is 20.4. The maximum Gasteiger partial charge on any atom is 0.328 e. The molecule has 210 valence electrons. The molecule has 1 aromatic rings. The minimum atomic E-state index is -3.86. The van der Waals surface area contributed by atoms with Crippen LogP contribution in [0, 0.1) is 29.1 Å². The van der Waals surface area contributed by atoms with Gasteiger partial charge in [-0.3, -0.25) is 24.3 Å². The summed E-state index contributed by atoms with van der Waals surface area (Å²) in [5.74, 6) is 10.5. The van der Waals surface area contributed by atoms with Gasteiger partial charge in [0, 0.05) is 43.3 Å². The SMILES string of the molecule is COC(=O)[C@H](N1CCOCC1)C1(C#CC#Cc2cc3n(c2)C(=O)N(CC[C@](C)(C(=O)NO)S(C)(=O)=O)C3)CC1. The second-order valence-corrected chi connectivity index (χ2v) is 12.7. The predicted octanol–water partition coefficient (Wildman–Crippen LogP) is -0.0205. The Morgan fingerprint density at radius 3 is 2.54 bits per heavy atom. The summed E-state index contributed by atoms with van der Waals surface area (Å²) < 4.78 is 34.4. The van der Waals surface area contributed by atoms with E-state index in [1.807, 2.05) is 0 Å². The van der Waals surface area contributed by atoms with Crippen LogP contribution in [0.3, 0.4) is 0 Å². The van der Waals surface area contributed by atoms with Crippen molar-refractivity contribution in [2.24, 2.45) is 5.41 Å². The van der Waals surface area contributed by atoms with Crippen molar-refractivity contribution in [1.29, 1.82) is 0 Å². The number of hydroxylamine groups is 1. The molecule has 1 aromatic heterocycles. The van der Waals surface area contributed by atoms with Crippen molar-refractivity contribution >= 4 is 27.7 Å². The lowest BCUT2D eigenvalue weighted by molar-refractivity contribution is -0.151. The topological polar surface area (TPSA) is 147 Å². The quantitative estimate of drug-likeness (QED) is 0.194. The zero-order valence-corrected chi connectivity index (χ0v) is 23.0. The molecule has 2 aliphatic heterocycles. The Kier molecular flexibility index (Phi) is 8.09. The van der Waals surface area contributed by atoms with E-state index in [4.69, 9.17) is 14.7 Å². The average Bonchev–Trinajstić information content (AvgIpc) is 3.48. The van der Waals surface area contributed by atoms with Crippen molar-refractivity contribution in [1.82, 2.24) is 19.8 Å². The summed E-state index contributed by atoms with van der Waals surface area (Å²) in [4.78, 5) is 41.0. The van der Waals surface area contributed by atoms with E-state index in [0.29, 0.717) is 37.6 Å². The van der Waals surface area contributed by atoms with Crippen LogP contribution in [-0.4, -0.2) is 103 Å². The third-order valence-corrected chi connectivity index (χ3v) is 9.74. The molecule has 1 saturated heterocycles. The number of amides is 2. The number of aromatic nitrogens is 1. The predicted molar refractivity (Wildman–Crippen MR) is 138 cm³/mol. The first-order valence-electron chi connectivity index (χ1n) is 12.5. The fraction of sp³-hybridized carbons (Fsp3) is 0.577. The molecule has 0 spiro atoms. The van der Waals surface area contributed by atoms with E-state index in [1.165, 1.54) is 29.0 Å². The number of fused-ring (bicyclic) bond motifs is 1. The molecular weight excluding hydrogens is 528 g/mol. The molecule has 3 heterocycles. The minimum absolute atomic E-state index is 0.00340. The van der Waals surface area contributed by atoms with Gasteiger partial charge in [0.1, 0.15) is 6.04 Å². The maximum absolute atomic E-state index is 12.9. The largest absolute Gasteiger partial charge is 0.468 e. The molecule has 3 aliphatic rings. The van der Waals surface area contributed by atoms with Gasteiger partial charge in [-0.2, -0.15) is 0 Å². The maximum atomic E-state index is 12.9. The molecule has 1 saturated carbocycles. The van der Waals surface area contributed by atoms with Gasteiger partial charge in [-0.05, 0) is 44.1 Å². The van der Waals surface area contributed by atoms with Gasteiger partial charge in [0.2, 0.25) is 0 Å². The van der Waals surface area contributed by atoms with Crippen molar-refractivity contribution in [2.75, 3.05) is 46.2 Å². The summed E-state index contributed by atoms with van der Waals surface area (Å²) in [7, 11) is -2.49. The fourth-order valence-corrected chi connectivity index (χ4v) is 5.78. The smallest absolute Gasteiger partial charge is 0.328 e. The van der Waals surface area contributed by atoms with Crippen LogP contribution in [0.1, 0.15) is 37.4 Å². The van der Waals surface area contributed by atoms with E-state index in [1.54, 1.807) is 12.3 Å². The first-order chi connectivity index (χ1) is 18.5. The number of nitrogens with one attached hydrogen (secondary N) is 1. The first-order valence-corrected chi connectivity index (χ1v) is 14.4. The number of hydrogen-bond acceptors (Lipinski definition) is 9. The molecule has 2 N–H and O–H groups in total. The van der Waals surface area contributed by atoms with Gasteiger partial charge in [0.05, 0.1) is 32.3 Å². The fourth-order valence-electron chi connectivity index (χ4n) is 4.93. The molecule has 2 fully saturated rings. The van der Waals surface area contributed by atoms with Crippen LogP contribution in [-0.2, 0) is 35.4 Å². The van der Waals surface area contributed by atoms with Gasteiger partial charge >= 0.3 is 12.0 Å². The molecule has 12 nitrogen and oxygen atoms in total. The van der Waals surface area contributed by atoms with E-state index in [-0.39, 0.29) is 31.5 Å². The summed E-state index contributed by atoms with van der Waals surface area (Å²) in [5.41, 5.74) is 2.17. The van der Waals surface area contributed by atoms with Crippen LogP contribution < -0.4 is 5.48 Å². The number of morpholine rings is 1. The summed E-state index contributed by atoms with van der Waals surface area (Å²) in [5, 5.41) is 8.98. The van der Waals surface area contributed by atoms with E-state index >= 15 is 0 Å². The molecule has 4 rings (SSSR count). The Labute approximate surface area is 227 Å². The molecule has 0 aromatic carbocycles. The number of carbonyl (C=O) groups excluding carboxylic acids is 3. The van der Waals surface area contributed by atoms with Crippen molar-refractivity contribution in [3.8, 4) is 23.7 Å². The van der Waals surface area contributed by atoms with Crippen LogP contribution in [0.2, 0.25) is 0 Å². The third kappa shape index (κ3) is 5.68. The molecule has 13 heteroatoms. The molecule has 2 amide bonds. The van der Waals surface area contributed by atoms with Crippen LogP contribution in [0.4, 0.5) is 4.79 Å². The summed E-state index contributed by atoms with van der Waals surface area (Å²) in [6.07, 6.45) is 3.87. The van der Waals surface area contributed by atoms with Gasteiger partial charge in [-0.25, -0.2) is 18.7 Å². The zero-order chi connectivity index (χ0) is 28.4. The molecule has 0 unspecified atom stereocenters. The number of ether oxygens (including phenoxy) is 2. The highest BCUT2D eigenvalue weighted by atomic mass is 32.2. The standard InChI is InChI=1S/C26H32N4O8S/c1-25(23(32)27-34,39(3,35)36)10-11-29-18-20-16-19(17-30(20)24(29)33)6-4-5-7-26(8-9-26)21(22(31)37-2)28-12-14-38-15-13-28/h16-17,21,34H,8-15,18H2,1-3H3,(H,27,32)/t21-,25+/m0/s1. The third-order valence-electron chi connectivity index (χ3n) is 7.72. The second-order valence-electron chi connectivity index (χ2n) is 10.2. The number of carbonyl (C=O) groups is 3. The molecule has 0 bridgehead atoms. The lowest BCUT2D eigenvalue weighted by Crippen LogP contribution is -2.52. The van der Waals surface area contributed by atoms with Crippen LogP contribution >= 0.6 is 0 Å². The first kappa shape index (κ1) is 28.6. The van der Waals surface area contributed by atoms with Gasteiger partial charge in [0.15, 0.2) is 14.6 Å². The molecule has 1 aliphatic carbocycles. The van der Waals surface area contributed by atoms with Crippen molar-refractivity contribution in [2.45, 2.75) is 43.5 Å². The number of rotatable bonds is 8. The van der Waals surface area contributed by atoms with Crippen LogP contribution in [0.5, 0.6) is 0 Å². The molecule has 0 radical (unpaired) electrons. The lowest BCUT2D eigenvalue weighted by Gasteiger charge is -2.35. The summed E-state index contributed by atoms with van der Waals surface area (Å²) >= 11 is 0. The monoisotopic (exact) mass is 560 g/mol. The number of nitrogens with zero attached hydrogens (tertiary/aromatic N) is 3. The Morgan fingerprint density at radius 2 is 1.97 bits per heavy atom. The van der Waals surface area contributed by atoms with E-state index < -0.39 is 31.9 Å². The summed E-state index contributed by atoms with van der Waals surface area (Å²) in [6, 6.07) is 0.920. The van der Waals surface area contributed by atoms with Crippen LogP contribution in [0.15, 0.2) is 12.3 Å². The molecular formula is C26H32N4O8S. The Bertz CT molecular complexity index is 1390. The molecule has 2 atom stereocenters. The summed E-state index contributed by atoms with van der Waals surface area (Å²) in [6.45, 7) is 3.82. The van der Waals surface area contributed by atoms with Gasteiger partial charge < -0.3 is 14.4 Å². The van der Waals surface area contributed by atoms with Gasteiger partial charge in [-0.1, -0.05) is 11.8 Å². The average molecular weight is 561 g/mol. The highest BCUT2D eigenvalue weighted by Gasteiger charge is 2.55.